The van der Waals surface area contributed by atoms with Crippen LogP contribution in [0.25, 0.3) is 0 Å². The van der Waals surface area contributed by atoms with E-state index in [1.165, 1.54) is 6.07 Å². The summed E-state index contributed by atoms with van der Waals surface area (Å²) in [6.07, 6.45) is -3.31. The van der Waals surface area contributed by atoms with Crippen molar-refractivity contribution in [1.29, 1.82) is 0 Å². The number of amides is 1. The Morgan fingerprint density at radius 2 is 1.67 bits per heavy atom. The highest BCUT2D eigenvalue weighted by atomic mass is 32.2. The Bertz CT molecular complexity index is 987. The molecule has 0 radical (unpaired) electrons. The van der Waals surface area contributed by atoms with Crippen LogP contribution in [0.1, 0.15) is 11.3 Å². The van der Waals surface area contributed by atoms with E-state index in [0.29, 0.717) is 37.7 Å². The van der Waals surface area contributed by atoms with Crippen LogP contribution < -0.4 is 9.62 Å². The fourth-order valence-electron chi connectivity index (χ4n) is 3.02. The molecule has 1 aromatic heterocycles. The van der Waals surface area contributed by atoms with Crippen LogP contribution >= 0.6 is 0 Å². The van der Waals surface area contributed by atoms with E-state index >= 15 is 0 Å². The summed E-state index contributed by atoms with van der Waals surface area (Å²) < 4.78 is 62.6. The van der Waals surface area contributed by atoms with Gasteiger partial charge in [-0.2, -0.15) is 13.2 Å². The van der Waals surface area contributed by atoms with E-state index in [2.05, 4.69) is 14.9 Å². The molecule has 8 nitrogen and oxygen atoms in total. The maximum absolute atomic E-state index is 12.6. The Hall–Kier alpha value is -2.89. The number of halogens is 3. The van der Waals surface area contributed by atoms with Crippen molar-refractivity contribution in [3.05, 3.63) is 47.7 Å². The summed E-state index contributed by atoms with van der Waals surface area (Å²) in [6, 6.07) is 8.70. The number of aromatic nitrogens is 2. The van der Waals surface area contributed by atoms with Gasteiger partial charge in [0.2, 0.25) is 15.9 Å². The molecule has 1 aliphatic rings. The molecule has 3 rings (SSSR count). The largest absolute Gasteiger partial charge is 0.435 e. The third-order valence-corrected chi connectivity index (χ3v) is 5.12. The van der Waals surface area contributed by atoms with Crippen molar-refractivity contribution in [3.8, 4) is 0 Å². The highest BCUT2D eigenvalue weighted by molar-refractivity contribution is 7.92. The number of carbonyl (C=O) groups is 1. The van der Waals surface area contributed by atoms with Gasteiger partial charge >= 0.3 is 6.18 Å². The normalized spacial score (nSPS) is 15.2. The van der Waals surface area contributed by atoms with Crippen molar-refractivity contribution in [2.45, 2.75) is 12.6 Å². The first-order valence-electron chi connectivity index (χ1n) is 9.02. The van der Waals surface area contributed by atoms with Crippen LogP contribution in [0.5, 0.6) is 0 Å². The molecule has 0 unspecified atom stereocenters. The van der Waals surface area contributed by atoms with Gasteiger partial charge in [-0.15, -0.1) is 10.2 Å². The fourth-order valence-corrected chi connectivity index (χ4v) is 3.59. The highest BCUT2D eigenvalue weighted by Crippen LogP contribution is 2.27. The predicted molar refractivity (Wildman–Crippen MR) is 104 cm³/mol. The lowest BCUT2D eigenvalue weighted by molar-refractivity contribution is -0.141. The van der Waals surface area contributed by atoms with E-state index in [1.54, 1.807) is 34.1 Å². The van der Waals surface area contributed by atoms with Gasteiger partial charge in [0.15, 0.2) is 11.5 Å². The first kappa shape index (κ1) is 21.8. The van der Waals surface area contributed by atoms with Crippen molar-refractivity contribution in [3.63, 3.8) is 0 Å². The minimum absolute atomic E-state index is 0.0861. The van der Waals surface area contributed by atoms with Crippen LogP contribution in [-0.2, 0) is 27.4 Å². The minimum atomic E-state index is -4.53. The number of nitrogens with one attached hydrogen (secondary N) is 1. The average Bonchev–Trinajstić information content (AvgIpc) is 2.68. The quantitative estimate of drug-likeness (QED) is 0.757. The van der Waals surface area contributed by atoms with Gasteiger partial charge in [0.1, 0.15) is 0 Å². The molecule has 1 amide bonds. The average molecular weight is 443 g/mol. The number of anilines is 2. The summed E-state index contributed by atoms with van der Waals surface area (Å²) in [7, 11) is -3.36. The van der Waals surface area contributed by atoms with Crippen LogP contribution in [0.3, 0.4) is 0 Å². The van der Waals surface area contributed by atoms with Crippen molar-refractivity contribution in [2.75, 3.05) is 42.1 Å². The Kier molecular flexibility index (Phi) is 6.15. The van der Waals surface area contributed by atoms with Gasteiger partial charge < -0.3 is 9.80 Å². The summed E-state index contributed by atoms with van der Waals surface area (Å²) >= 11 is 0. The van der Waals surface area contributed by atoms with Crippen LogP contribution in [0.2, 0.25) is 0 Å². The molecule has 2 aromatic rings. The maximum Gasteiger partial charge on any atom is 0.435 e. The molecule has 0 atom stereocenters. The van der Waals surface area contributed by atoms with Crippen molar-refractivity contribution < 1.29 is 26.4 Å². The van der Waals surface area contributed by atoms with E-state index in [1.807, 2.05) is 0 Å². The number of piperazine rings is 1. The lowest BCUT2D eigenvalue weighted by atomic mass is 10.1. The van der Waals surface area contributed by atoms with Crippen molar-refractivity contribution in [2.24, 2.45) is 0 Å². The number of carbonyl (C=O) groups excluding carboxylic acids is 1. The van der Waals surface area contributed by atoms with Gasteiger partial charge in [0.05, 0.1) is 12.7 Å². The predicted octanol–water partition coefficient (Wildman–Crippen LogP) is 1.76. The Balaban J connectivity index is 1.53. The van der Waals surface area contributed by atoms with Crippen LogP contribution in [0, 0.1) is 0 Å². The van der Waals surface area contributed by atoms with Gasteiger partial charge in [0.25, 0.3) is 0 Å². The molecule has 2 heterocycles. The van der Waals surface area contributed by atoms with Gasteiger partial charge in [0, 0.05) is 31.9 Å². The number of sulfonamides is 1. The summed E-state index contributed by atoms with van der Waals surface area (Å²) in [4.78, 5) is 16.0. The van der Waals surface area contributed by atoms with Crippen molar-refractivity contribution >= 4 is 27.4 Å². The first-order chi connectivity index (χ1) is 14.0. The molecule has 1 aromatic carbocycles. The molecule has 12 heteroatoms. The maximum atomic E-state index is 12.6. The molecule has 162 valence electrons. The zero-order valence-electron chi connectivity index (χ0n) is 16.1. The van der Waals surface area contributed by atoms with Crippen LogP contribution in [0.4, 0.5) is 24.7 Å². The number of hydrogen-bond donors (Lipinski definition) is 1. The Morgan fingerprint density at radius 3 is 2.17 bits per heavy atom. The Labute approximate surface area is 171 Å². The topological polar surface area (TPSA) is 95.5 Å². The zero-order valence-corrected chi connectivity index (χ0v) is 16.9. The molecule has 1 aliphatic heterocycles. The number of alkyl halides is 3. The third-order valence-electron chi connectivity index (χ3n) is 4.51. The van der Waals surface area contributed by atoms with Crippen LogP contribution in [-0.4, -0.2) is 61.9 Å². The molecular weight excluding hydrogens is 423 g/mol. The highest BCUT2D eigenvalue weighted by Gasteiger charge is 2.33. The molecule has 0 aliphatic carbocycles. The summed E-state index contributed by atoms with van der Waals surface area (Å²) in [5.74, 6) is 0.251. The van der Waals surface area contributed by atoms with Gasteiger partial charge in [-0.1, -0.05) is 12.1 Å². The van der Waals surface area contributed by atoms with Gasteiger partial charge in [-0.25, -0.2) is 8.42 Å². The zero-order chi connectivity index (χ0) is 21.9. The lowest BCUT2D eigenvalue weighted by Gasteiger charge is -2.35. The number of nitrogens with zero attached hydrogens (tertiary/aromatic N) is 4. The second-order valence-electron chi connectivity index (χ2n) is 6.89. The number of benzene rings is 1. The second kappa shape index (κ2) is 8.46. The van der Waals surface area contributed by atoms with Gasteiger partial charge in [-0.05, 0) is 29.8 Å². The number of rotatable bonds is 5. The SMILES string of the molecule is CS(=O)(=O)Nc1ccc(CC(=O)N2CCN(c3ccc(C(F)(F)F)nn3)CC2)cc1. The fraction of sp³-hybridized carbons (Fsp3) is 0.389. The Morgan fingerprint density at radius 1 is 1.03 bits per heavy atom. The minimum Gasteiger partial charge on any atom is -0.352 e. The van der Waals surface area contributed by atoms with E-state index in [4.69, 9.17) is 0 Å². The first-order valence-corrected chi connectivity index (χ1v) is 10.9. The summed E-state index contributed by atoms with van der Waals surface area (Å²) in [5, 5.41) is 6.87. The molecule has 1 fully saturated rings. The summed E-state index contributed by atoms with van der Waals surface area (Å²) in [6.45, 7) is 1.69. The standard InChI is InChI=1S/C18H20F3N5O3S/c1-30(28,29)24-14-4-2-13(3-5-14)12-17(27)26-10-8-25(9-11-26)16-7-6-15(22-23-16)18(19,20)21/h2-7,24H,8-12H2,1H3. The van der Waals surface area contributed by atoms with E-state index in [-0.39, 0.29) is 12.3 Å². The van der Waals surface area contributed by atoms with Crippen molar-refractivity contribution in [1.82, 2.24) is 15.1 Å². The molecule has 0 bridgehead atoms. The molecule has 0 saturated carbocycles. The molecule has 1 saturated heterocycles. The molecule has 1 N–H and O–H groups in total. The van der Waals surface area contributed by atoms with E-state index in [0.717, 1.165) is 17.9 Å². The molecule has 30 heavy (non-hydrogen) atoms. The third kappa shape index (κ3) is 5.81. The van der Waals surface area contributed by atoms with Crippen LogP contribution in [0.15, 0.2) is 36.4 Å². The monoisotopic (exact) mass is 443 g/mol. The molecule has 0 spiro atoms. The lowest BCUT2D eigenvalue weighted by Crippen LogP contribution is -2.49. The van der Waals surface area contributed by atoms with E-state index < -0.39 is 21.9 Å². The smallest absolute Gasteiger partial charge is 0.352 e. The second-order valence-corrected chi connectivity index (χ2v) is 8.64. The van der Waals surface area contributed by atoms with E-state index in [9.17, 15) is 26.4 Å². The summed E-state index contributed by atoms with van der Waals surface area (Å²) in [5.41, 5.74) is 0.118. The number of hydrogen-bond acceptors (Lipinski definition) is 6. The van der Waals surface area contributed by atoms with Gasteiger partial charge in [-0.3, -0.25) is 9.52 Å². The molecular formula is C18H20F3N5O3S.